The van der Waals surface area contributed by atoms with Gasteiger partial charge in [-0.15, -0.1) is 0 Å². The van der Waals surface area contributed by atoms with Gasteiger partial charge in [-0.1, -0.05) is 93.8 Å². The van der Waals surface area contributed by atoms with Crippen LogP contribution in [0.2, 0.25) is 0 Å². The Morgan fingerprint density at radius 2 is 0.909 bits per heavy atom. The van der Waals surface area contributed by atoms with E-state index in [0.29, 0.717) is 0 Å². The van der Waals surface area contributed by atoms with Gasteiger partial charge < -0.3 is 0 Å². The van der Waals surface area contributed by atoms with E-state index < -0.39 is 13.2 Å². The van der Waals surface area contributed by atoms with Gasteiger partial charge in [-0.2, -0.15) is 0 Å². The Morgan fingerprint density at radius 3 is 1.41 bits per heavy atom. The number of rotatable bonds is 2. The molecule has 0 heterocycles. The smallest absolute Gasteiger partial charge is 0.245 e. The van der Waals surface area contributed by atoms with Crippen molar-refractivity contribution in [1.29, 1.82) is 0 Å². The topological polar surface area (TPSA) is 0 Å². The molecule has 22 heavy (non-hydrogen) atoms. The van der Waals surface area contributed by atoms with E-state index in [1.54, 1.807) is 0 Å². The second-order valence-corrected chi connectivity index (χ2v) is 8.78. The van der Waals surface area contributed by atoms with Gasteiger partial charge in [0.1, 0.15) is 0 Å². The highest BCUT2D eigenvalue weighted by atomic mass is 35.6. The average molecular weight is 317 g/mol. The maximum Gasteiger partial charge on any atom is 0.476 e. The van der Waals surface area contributed by atoms with E-state index in [9.17, 15) is 0 Å². The van der Waals surface area contributed by atoms with Crippen molar-refractivity contribution in [3.8, 4) is 0 Å². The fraction of sp³-hybridized carbons (Fsp3) is 0. The van der Waals surface area contributed by atoms with Crippen LogP contribution in [0.4, 0.5) is 0 Å². The third kappa shape index (κ3) is 2.32. The van der Waals surface area contributed by atoms with E-state index in [2.05, 4.69) is 84.9 Å². The van der Waals surface area contributed by atoms with Crippen molar-refractivity contribution in [2.45, 2.75) is 0 Å². The molecule has 0 aliphatic heterocycles. The van der Waals surface area contributed by atoms with E-state index in [1.165, 1.54) is 30.4 Å². The lowest BCUT2D eigenvalue weighted by atomic mass is 10.1. The van der Waals surface area contributed by atoms with Crippen molar-refractivity contribution < 1.29 is 0 Å². The fourth-order valence-electron chi connectivity index (χ4n) is 3.11. The highest BCUT2D eigenvalue weighted by Gasteiger charge is 2.24. The summed E-state index contributed by atoms with van der Waals surface area (Å²) in [5.74, 6) is 0. The lowest BCUT2D eigenvalue weighted by Crippen LogP contribution is -2.38. The Labute approximate surface area is 138 Å². The molecule has 0 atom stereocenters. The molecule has 0 amide bonds. The quantitative estimate of drug-likeness (QED) is 0.483. The zero-order valence-electron chi connectivity index (χ0n) is 12.0. The minimum Gasteiger partial charge on any atom is -0.245 e. The zero-order chi connectivity index (χ0) is 14.9. The van der Waals surface area contributed by atoms with Gasteiger partial charge in [-0.3, -0.25) is 0 Å². The lowest BCUT2D eigenvalue weighted by molar-refractivity contribution is 1.76. The number of halogens is 1. The molecule has 4 rings (SSSR count). The van der Waals surface area contributed by atoms with Gasteiger partial charge in [0.2, 0.25) is 0 Å². The molecule has 0 aromatic heterocycles. The van der Waals surface area contributed by atoms with Crippen molar-refractivity contribution in [3.05, 3.63) is 84.9 Å². The molecule has 0 saturated heterocycles. The second kappa shape index (κ2) is 5.78. The summed E-state index contributed by atoms with van der Waals surface area (Å²) in [6.07, 6.45) is 0. The first-order chi connectivity index (χ1) is 10.8. The first kappa shape index (κ1) is 13.9. The van der Waals surface area contributed by atoms with Crippen molar-refractivity contribution >= 4 is 53.7 Å². The Bertz CT molecular complexity index is 872. The molecule has 0 aliphatic carbocycles. The molecule has 0 radical (unpaired) electrons. The highest BCUT2D eigenvalue weighted by molar-refractivity contribution is 7.22. The van der Waals surface area contributed by atoms with Crippen LogP contribution in [0.15, 0.2) is 84.9 Å². The number of benzene rings is 4. The summed E-state index contributed by atoms with van der Waals surface area (Å²) >= 11 is -1.75. The van der Waals surface area contributed by atoms with E-state index in [1.807, 2.05) is 0 Å². The number of hydrogen-bond acceptors (Lipinski definition) is 0. The molecule has 0 unspecified atom stereocenters. The molecule has 0 N–H and O–H groups in total. The summed E-state index contributed by atoms with van der Waals surface area (Å²) in [6.45, 7) is 0. The van der Waals surface area contributed by atoms with Gasteiger partial charge in [-0.05, 0) is 21.5 Å². The Morgan fingerprint density at radius 1 is 0.500 bits per heavy atom. The maximum atomic E-state index is 7.03. The molecule has 0 nitrogen and oxygen atoms in total. The van der Waals surface area contributed by atoms with E-state index in [0.717, 1.165) is 0 Å². The standard InChI is InChI=1S/2C10H7.Al.ClH/c2*1-2-6-10-8-4-3-7-9(10)5-1;;/h2*1-7H;;1H/q;;+1;/p-1. The Balaban J connectivity index is 1.94. The first-order valence-electron chi connectivity index (χ1n) is 7.44. The second-order valence-electron chi connectivity index (χ2n) is 5.50. The van der Waals surface area contributed by atoms with Crippen LogP contribution < -0.4 is 8.85 Å². The molecule has 0 spiro atoms. The summed E-state index contributed by atoms with van der Waals surface area (Å²) in [4.78, 5) is 0. The van der Waals surface area contributed by atoms with Crippen LogP contribution in [0.1, 0.15) is 0 Å². The van der Waals surface area contributed by atoms with Gasteiger partial charge >= 0.3 is 13.2 Å². The molecular formula is C20H14AlCl. The van der Waals surface area contributed by atoms with Crippen LogP contribution >= 0.6 is 10.0 Å². The summed E-state index contributed by atoms with van der Waals surface area (Å²) < 4.78 is 2.60. The van der Waals surface area contributed by atoms with Crippen molar-refractivity contribution in [1.82, 2.24) is 0 Å². The van der Waals surface area contributed by atoms with Crippen LogP contribution in [0.25, 0.3) is 21.5 Å². The van der Waals surface area contributed by atoms with Crippen LogP contribution in [0, 0.1) is 0 Å². The zero-order valence-corrected chi connectivity index (χ0v) is 13.9. The third-order valence-electron chi connectivity index (χ3n) is 4.19. The molecule has 0 fully saturated rings. The van der Waals surface area contributed by atoms with E-state index in [4.69, 9.17) is 10.0 Å². The Kier molecular flexibility index (Phi) is 3.64. The lowest BCUT2D eigenvalue weighted by Gasteiger charge is -2.12. The maximum absolute atomic E-state index is 7.03. The molecule has 2 heteroatoms. The minimum atomic E-state index is -1.75. The van der Waals surface area contributed by atoms with Gasteiger partial charge in [0.25, 0.3) is 0 Å². The van der Waals surface area contributed by atoms with Crippen molar-refractivity contribution in [2.75, 3.05) is 0 Å². The fourth-order valence-corrected chi connectivity index (χ4v) is 6.22. The number of hydrogen-bond donors (Lipinski definition) is 0. The average Bonchev–Trinajstić information content (AvgIpc) is 2.60. The minimum absolute atomic E-state index is 1.26. The Hall–Kier alpha value is -1.78. The van der Waals surface area contributed by atoms with Gasteiger partial charge in [-0.25, -0.2) is 10.0 Å². The predicted octanol–water partition coefficient (Wildman–Crippen LogP) is 4.34. The molecule has 0 aliphatic rings. The van der Waals surface area contributed by atoms with Crippen molar-refractivity contribution in [3.63, 3.8) is 0 Å². The molecular weight excluding hydrogens is 303 g/mol. The normalized spacial score (nSPS) is 11.0. The summed E-state index contributed by atoms with van der Waals surface area (Å²) in [5, 5.41) is 5.09. The molecule has 104 valence electrons. The van der Waals surface area contributed by atoms with Gasteiger partial charge in [0, 0.05) is 0 Å². The van der Waals surface area contributed by atoms with Crippen LogP contribution in [0.3, 0.4) is 0 Å². The molecule has 4 aromatic rings. The monoisotopic (exact) mass is 316 g/mol. The van der Waals surface area contributed by atoms with Gasteiger partial charge in [0.15, 0.2) is 0 Å². The SMILES string of the molecule is [Cl][Al]([c]1cccc2ccccc12)[c]1cccc2ccccc12. The van der Waals surface area contributed by atoms with Crippen LogP contribution in [0.5, 0.6) is 0 Å². The summed E-state index contributed by atoms with van der Waals surface area (Å²) in [6, 6.07) is 29.9. The van der Waals surface area contributed by atoms with Gasteiger partial charge in [0.05, 0.1) is 0 Å². The van der Waals surface area contributed by atoms with E-state index in [-0.39, 0.29) is 0 Å². The molecule has 4 aromatic carbocycles. The third-order valence-corrected chi connectivity index (χ3v) is 7.70. The number of fused-ring (bicyclic) bond motifs is 2. The molecule has 0 saturated carbocycles. The van der Waals surface area contributed by atoms with Crippen LogP contribution in [-0.4, -0.2) is 13.2 Å². The summed E-state index contributed by atoms with van der Waals surface area (Å²) in [5.41, 5.74) is 0. The summed E-state index contributed by atoms with van der Waals surface area (Å²) in [7, 11) is 7.03. The van der Waals surface area contributed by atoms with E-state index >= 15 is 0 Å². The molecule has 0 bridgehead atoms. The largest absolute Gasteiger partial charge is 0.476 e. The van der Waals surface area contributed by atoms with Crippen molar-refractivity contribution in [2.24, 2.45) is 0 Å². The first-order valence-corrected chi connectivity index (χ1v) is 10.3. The predicted molar refractivity (Wildman–Crippen MR) is 98.8 cm³/mol. The van der Waals surface area contributed by atoms with Crippen LogP contribution in [-0.2, 0) is 0 Å². The highest BCUT2D eigenvalue weighted by Crippen LogP contribution is 2.16.